The van der Waals surface area contributed by atoms with E-state index in [1.165, 1.54) is 25.7 Å². The van der Waals surface area contributed by atoms with Crippen LogP contribution in [0.4, 0.5) is 0 Å². The number of rotatable bonds is 4. The average Bonchev–Trinajstić information content (AvgIpc) is 3.09. The molecule has 2 aromatic rings. The maximum atomic E-state index is 5.94. The van der Waals surface area contributed by atoms with E-state index >= 15 is 0 Å². The lowest BCUT2D eigenvalue weighted by Gasteiger charge is -2.38. The number of fused-ring (bicyclic) bond motifs is 1. The van der Waals surface area contributed by atoms with E-state index in [0.717, 1.165) is 28.9 Å². The van der Waals surface area contributed by atoms with E-state index in [-0.39, 0.29) is 5.60 Å². The lowest BCUT2D eigenvalue weighted by molar-refractivity contribution is -0.0769. The predicted molar refractivity (Wildman–Crippen MR) is 75.9 cm³/mol. The van der Waals surface area contributed by atoms with Crippen molar-refractivity contribution >= 4 is 16.3 Å². The van der Waals surface area contributed by atoms with Crippen LogP contribution in [-0.2, 0) is 11.3 Å². The van der Waals surface area contributed by atoms with Crippen molar-refractivity contribution in [1.82, 2.24) is 25.1 Å². The molecule has 0 amide bonds. The minimum Gasteiger partial charge on any atom is -0.365 e. The Morgan fingerprint density at radius 3 is 2.85 bits per heavy atom. The first-order valence-electron chi connectivity index (χ1n) is 7.29. The molecule has 0 bridgehead atoms. The van der Waals surface area contributed by atoms with E-state index in [9.17, 15) is 0 Å². The largest absolute Gasteiger partial charge is 0.365 e. The molecule has 0 aromatic carbocycles. The van der Waals surface area contributed by atoms with Crippen LogP contribution < -0.4 is 5.32 Å². The van der Waals surface area contributed by atoms with Crippen molar-refractivity contribution in [2.24, 2.45) is 0 Å². The second-order valence-corrected chi connectivity index (χ2v) is 7.11. The summed E-state index contributed by atoms with van der Waals surface area (Å²) in [7, 11) is 0. The fourth-order valence-corrected chi connectivity index (χ4v) is 3.74. The average molecular weight is 293 g/mol. The Bertz CT molecular complexity index is 611. The molecule has 1 saturated carbocycles. The highest BCUT2D eigenvalue weighted by atomic mass is 32.1. The summed E-state index contributed by atoms with van der Waals surface area (Å²) in [6.07, 6.45) is 5.03. The van der Waals surface area contributed by atoms with Gasteiger partial charge in [0.15, 0.2) is 5.82 Å². The van der Waals surface area contributed by atoms with E-state index in [1.807, 2.05) is 4.52 Å². The quantitative estimate of drug-likeness (QED) is 0.930. The summed E-state index contributed by atoms with van der Waals surface area (Å²) >= 11 is 1.58. The van der Waals surface area contributed by atoms with Gasteiger partial charge in [-0.15, -0.1) is 10.2 Å². The first kappa shape index (κ1) is 12.7. The number of nitrogens with zero attached hydrogens (tertiary/aromatic N) is 4. The molecule has 1 N–H and O–H groups in total. The van der Waals surface area contributed by atoms with Gasteiger partial charge in [-0.1, -0.05) is 24.2 Å². The van der Waals surface area contributed by atoms with Crippen LogP contribution in [-0.4, -0.2) is 38.5 Å². The van der Waals surface area contributed by atoms with Crippen molar-refractivity contribution < 1.29 is 4.74 Å². The molecule has 0 unspecified atom stereocenters. The SMILES string of the molecule is CC1(OCc2nn3c(C4CCCC4)nnc3s2)CNC1. The van der Waals surface area contributed by atoms with Gasteiger partial charge < -0.3 is 10.1 Å². The summed E-state index contributed by atoms with van der Waals surface area (Å²) < 4.78 is 7.87. The summed E-state index contributed by atoms with van der Waals surface area (Å²) in [6, 6.07) is 0. The molecule has 20 heavy (non-hydrogen) atoms. The summed E-state index contributed by atoms with van der Waals surface area (Å²) in [5, 5.41) is 17.5. The second kappa shape index (κ2) is 4.75. The number of aromatic nitrogens is 4. The molecule has 2 aromatic heterocycles. The molecule has 2 aliphatic rings. The Morgan fingerprint density at radius 1 is 1.35 bits per heavy atom. The van der Waals surface area contributed by atoms with Crippen LogP contribution in [0.25, 0.3) is 4.96 Å². The van der Waals surface area contributed by atoms with Gasteiger partial charge in [0.2, 0.25) is 4.96 Å². The maximum Gasteiger partial charge on any atom is 0.234 e. The zero-order chi connectivity index (χ0) is 13.6. The first-order chi connectivity index (χ1) is 9.73. The number of hydrogen-bond donors (Lipinski definition) is 1. The third-order valence-corrected chi connectivity index (χ3v) is 5.19. The van der Waals surface area contributed by atoms with Gasteiger partial charge in [0, 0.05) is 19.0 Å². The van der Waals surface area contributed by atoms with Gasteiger partial charge in [-0.2, -0.15) is 9.61 Å². The van der Waals surface area contributed by atoms with Gasteiger partial charge in [0.25, 0.3) is 0 Å². The van der Waals surface area contributed by atoms with E-state index in [4.69, 9.17) is 4.74 Å². The van der Waals surface area contributed by atoms with Gasteiger partial charge in [0.1, 0.15) is 11.6 Å². The Kier molecular flexibility index (Phi) is 3.01. The molecule has 7 heteroatoms. The van der Waals surface area contributed by atoms with Gasteiger partial charge in [-0.05, 0) is 19.8 Å². The number of ether oxygens (including phenoxy) is 1. The highest BCUT2D eigenvalue weighted by molar-refractivity contribution is 7.16. The van der Waals surface area contributed by atoms with Gasteiger partial charge in [-0.3, -0.25) is 0 Å². The smallest absolute Gasteiger partial charge is 0.234 e. The second-order valence-electron chi connectivity index (χ2n) is 6.07. The zero-order valence-corrected chi connectivity index (χ0v) is 12.4. The molecule has 4 rings (SSSR count). The van der Waals surface area contributed by atoms with Gasteiger partial charge in [-0.25, -0.2) is 0 Å². The van der Waals surface area contributed by atoms with E-state index in [0.29, 0.717) is 12.5 Å². The van der Waals surface area contributed by atoms with Crippen molar-refractivity contribution in [2.75, 3.05) is 13.1 Å². The minimum absolute atomic E-state index is 0.0275. The lowest BCUT2D eigenvalue weighted by atomic mass is 10.0. The molecule has 0 spiro atoms. The maximum absolute atomic E-state index is 5.94. The molecule has 1 aliphatic carbocycles. The first-order valence-corrected chi connectivity index (χ1v) is 8.11. The molecule has 108 valence electrons. The molecule has 0 radical (unpaired) electrons. The van der Waals surface area contributed by atoms with Gasteiger partial charge >= 0.3 is 0 Å². The van der Waals surface area contributed by atoms with Crippen molar-refractivity contribution in [3.05, 3.63) is 10.8 Å². The molecular formula is C13H19N5OS. The normalized spacial score (nSPS) is 22.4. The monoisotopic (exact) mass is 293 g/mol. The molecule has 1 aliphatic heterocycles. The van der Waals surface area contributed by atoms with Crippen molar-refractivity contribution in [1.29, 1.82) is 0 Å². The summed E-state index contributed by atoms with van der Waals surface area (Å²) in [5.74, 6) is 1.57. The minimum atomic E-state index is -0.0275. The number of hydrogen-bond acceptors (Lipinski definition) is 6. The fraction of sp³-hybridized carbons (Fsp3) is 0.769. The highest BCUT2D eigenvalue weighted by Gasteiger charge is 2.33. The standard InChI is InChI=1S/C13H19N5OS/c1-13(7-14-8-13)19-6-10-17-18-11(9-4-2-3-5-9)15-16-12(18)20-10/h9,14H,2-8H2,1H3. The van der Waals surface area contributed by atoms with Crippen molar-refractivity contribution in [3.8, 4) is 0 Å². The third-order valence-electron chi connectivity index (χ3n) is 4.32. The lowest BCUT2D eigenvalue weighted by Crippen LogP contribution is -2.58. The number of nitrogens with one attached hydrogen (secondary N) is 1. The Balaban J connectivity index is 1.53. The van der Waals surface area contributed by atoms with E-state index in [2.05, 4.69) is 27.5 Å². The molecular weight excluding hydrogens is 274 g/mol. The molecule has 6 nitrogen and oxygen atoms in total. The molecule has 2 fully saturated rings. The van der Waals surface area contributed by atoms with E-state index < -0.39 is 0 Å². The van der Waals surface area contributed by atoms with E-state index in [1.54, 1.807) is 11.3 Å². The van der Waals surface area contributed by atoms with Crippen LogP contribution in [0, 0.1) is 0 Å². The Labute approximate surface area is 121 Å². The van der Waals surface area contributed by atoms with Crippen molar-refractivity contribution in [3.63, 3.8) is 0 Å². The predicted octanol–water partition coefficient (Wildman–Crippen LogP) is 1.72. The summed E-state index contributed by atoms with van der Waals surface area (Å²) in [4.78, 5) is 0.891. The Hall–Kier alpha value is -1.05. The topological polar surface area (TPSA) is 64.3 Å². The van der Waals surface area contributed by atoms with Crippen LogP contribution in [0.15, 0.2) is 0 Å². The van der Waals surface area contributed by atoms with Crippen LogP contribution >= 0.6 is 11.3 Å². The van der Waals surface area contributed by atoms with Crippen LogP contribution in [0.5, 0.6) is 0 Å². The third kappa shape index (κ3) is 2.13. The van der Waals surface area contributed by atoms with Crippen molar-refractivity contribution in [2.45, 2.75) is 50.7 Å². The highest BCUT2D eigenvalue weighted by Crippen LogP contribution is 2.33. The van der Waals surface area contributed by atoms with Crippen LogP contribution in [0.3, 0.4) is 0 Å². The fourth-order valence-electron chi connectivity index (χ4n) is 2.98. The Morgan fingerprint density at radius 2 is 2.15 bits per heavy atom. The summed E-state index contributed by atoms with van der Waals surface area (Å²) in [5.41, 5.74) is -0.0275. The van der Waals surface area contributed by atoms with Crippen LogP contribution in [0.2, 0.25) is 0 Å². The molecule has 0 atom stereocenters. The van der Waals surface area contributed by atoms with Crippen LogP contribution in [0.1, 0.15) is 49.4 Å². The zero-order valence-electron chi connectivity index (χ0n) is 11.6. The summed E-state index contributed by atoms with van der Waals surface area (Å²) in [6.45, 7) is 4.54. The molecule has 3 heterocycles. The van der Waals surface area contributed by atoms with Gasteiger partial charge in [0.05, 0.1) is 5.60 Å². The molecule has 1 saturated heterocycles.